The first-order valence-corrected chi connectivity index (χ1v) is 7.79. The quantitative estimate of drug-likeness (QED) is 0.586. The van der Waals surface area contributed by atoms with Crippen LogP contribution in [0, 0.1) is 0 Å². The monoisotopic (exact) mass is 294 g/mol. The second kappa shape index (κ2) is 4.86. The summed E-state index contributed by atoms with van der Waals surface area (Å²) in [5.74, 6) is 0.854. The molecular formula is C16H14N4S. The highest BCUT2D eigenvalue weighted by Crippen LogP contribution is 2.29. The minimum absolute atomic E-state index is 0.854. The maximum absolute atomic E-state index is 4.48. The molecule has 0 radical (unpaired) electrons. The van der Waals surface area contributed by atoms with Crippen LogP contribution in [0.25, 0.3) is 21.0 Å². The van der Waals surface area contributed by atoms with E-state index >= 15 is 0 Å². The van der Waals surface area contributed by atoms with Gasteiger partial charge in [0.1, 0.15) is 5.82 Å². The van der Waals surface area contributed by atoms with Crippen LogP contribution in [0.2, 0.25) is 0 Å². The summed E-state index contributed by atoms with van der Waals surface area (Å²) >= 11 is 1.75. The molecule has 3 aromatic heterocycles. The lowest BCUT2D eigenvalue weighted by Crippen LogP contribution is -1.95. The number of anilines is 2. The maximum Gasteiger partial charge on any atom is 0.141 e. The van der Waals surface area contributed by atoms with Gasteiger partial charge in [0.15, 0.2) is 0 Å². The number of thiophene rings is 1. The van der Waals surface area contributed by atoms with Crippen LogP contribution in [0.3, 0.4) is 0 Å². The summed E-state index contributed by atoms with van der Waals surface area (Å²) in [6.45, 7) is 2.10. The number of pyridine rings is 1. The number of nitrogens with zero attached hydrogens (tertiary/aromatic N) is 2. The van der Waals surface area contributed by atoms with E-state index in [1.807, 2.05) is 6.07 Å². The van der Waals surface area contributed by atoms with E-state index in [1.165, 1.54) is 10.1 Å². The lowest BCUT2D eigenvalue weighted by molar-refractivity contribution is 0.988. The number of benzene rings is 1. The summed E-state index contributed by atoms with van der Waals surface area (Å²) in [5, 5.41) is 15.3. The molecule has 4 nitrogen and oxygen atoms in total. The van der Waals surface area contributed by atoms with E-state index in [2.05, 4.69) is 57.1 Å². The Hall–Kier alpha value is -2.40. The molecule has 0 saturated heterocycles. The topological polar surface area (TPSA) is 53.6 Å². The van der Waals surface area contributed by atoms with Crippen molar-refractivity contribution in [3.8, 4) is 0 Å². The SMILES string of the molecule is CCc1n[nH]c2ccnc(Nc3ccc4sccc4c3)c12. The molecular weight excluding hydrogens is 280 g/mol. The van der Waals surface area contributed by atoms with Crippen molar-refractivity contribution in [2.24, 2.45) is 0 Å². The zero-order valence-electron chi connectivity index (χ0n) is 11.6. The average molecular weight is 294 g/mol. The van der Waals surface area contributed by atoms with Crippen LogP contribution in [0.15, 0.2) is 41.9 Å². The van der Waals surface area contributed by atoms with Gasteiger partial charge in [0.2, 0.25) is 0 Å². The molecule has 4 rings (SSSR count). The second-order valence-corrected chi connectivity index (χ2v) is 5.85. The highest BCUT2D eigenvalue weighted by Gasteiger charge is 2.10. The smallest absolute Gasteiger partial charge is 0.141 e. The normalized spacial score (nSPS) is 11.3. The summed E-state index contributed by atoms with van der Waals surface area (Å²) in [6, 6.07) is 10.5. The van der Waals surface area contributed by atoms with Crippen LogP contribution >= 0.6 is 11.3 Å². The summed E-state index contributed by atoms with van der Waals surface area (Å²) < 4.78 is 1.30. The Morgan fingerprint density at radius 1 is 1.24 bits per heavy atom. The van der Waals surface area contributed by atoms with Crippen molar-refractivity contribution in [1.29, 1.82) is 0 Å². The largest absolute Gasteiger partial charge is 0.340 e. The molecule has 0 amide bonds. The maximum atomic E-state index is 4.48. The van der Waals surface area contributed by atoms with E-state index in [4.69, 9.17) is 0 Å². The molecule has 1 aromatic carbocycles. The Morgan fingerprint density at radius 2 is 2.19 bits per heavy atom. The lowest BCUT2D eigenvalue weighted by atomic mass is 10.2. The van der Waals surface area contributed by atoms with Crippen LogP contribution in [0.4, 0.5) is 11.5 Å². The molecule has 3 heterocycles. The molecule has 0 bridgehead atoms. The van der Waals surface area contributed by atoms with Gasteiger partial charge in [-0.05, 0) is 47.5 Å². The Balaban J connectivity index is 1.81. The Kier molecular flexibility index (Phi) is 2.86. The van der Waals surface area contributed by atoms with Gasteiger partial charge in [-0.25, -0.2) is 4.98 Å². The van der Waals surface area contributed by atoms with Gasteiger partial charge < -0.3 is 5.32 Å². The van der Waals surface area contributed by atoms with Gasteiger partial charge in [-0.15, -0.1) is 11.3 Å². The average Bonchev–Trinajstić information content (AvgIpc) is 3.13. The van der Waals surface area contributed by atoms with Crippen molar-refractivity contribution in [2.45, 2.75) is 13.3 Å². The summed E-state index contributed by atoms with van der Waals surface area (Å²) in [6.07, 6.45) is 2.68. The van der Waals surface area contributed by atoms with E-state index in [0.717, 1.165) is 34.5 Å². The minimum atomic E-state index is 0.854. The third-order valence-electron chi connectivity index (χ3n) is 3.60. The summed E-state index contributed by atoms with van der Waals surface area (Å²) in [5.41, 5.74) is 3.10. The van der Waals surface area contributed by atoms with Crippen LogP contribution < -0.4 is 5.32 Å². The number of nitrogens with one attached hydrogen (secondary N) is 2. The molecule has 5 heteroatoms. The highest BCUT2D eigenvalue weighted by atomic mass is 32.1. The molecule has 2 N–H and O–H groups in total. The number of aromatic nitrogens is 3. The molecule has 0 unspecified atom stereocenters. The highest BCUT2D eigenvalue weighted by molar-refractivity contribution is 7.17. The predicted octanol–water partition coefficient (Wildman–Crippen LogP) is 4.48. The fourth-order valence-electron chi connectivity index (χ4n) is 2.56. The molecule has 0 spiro atoms. The molecule has 0 saturated carbocycles. The van der Waals surface area contributed by atoms with E-state index < -0.39 is 0 Å². The van der Waals surface area contributed by atoms with Crippen LogP contribution in [0.5, 0.6) is 0 Å². The van der Waals surface area contributed by atoms with E-state index in [0.29, 0.717) is 0 Å². The number of H-pyrrole nitrogens is 1. The fraction of sp³-hybridized carbons (Fsp3) is 0.125. The molecule has 0 aliphatic rings. The first-order chi connectivity index (χ1) is 10.3. The first-order valence-electron chi connectivity index (χ1n) is 6.91. The number of rotatable bonds is 3. The van der Waals surface area contributed by atoms with Crippen LogP contribution in [-0.4, -0.2) is 15.2 Å². The van der Waals surface area contributed by atoms with Gasteiger partial charge in [-0.2, -0.15) is 5.10 Å². The first kappa shape index (κ1) is 12.3. The zero-order chi connectivity index (χ0) is 14.2. The minimum Gasteiger partial charge on any atom is -0.340 e. The Morgan fingerprint density at radius 3 is 3.10 bits per heavy atom. The lowest BCUT2D eigenvalue weighted by Gasteiger charge is -2.07. The number of fused-ring (bicyclic) bond motifs is 2. The summed E-state index contributed by atoms with van der Waals surface area (Å²) in [4.78, 5) is 4.48. The fourth-order valence-corrected chi connectivity index (χ4v) is 3.33. The van der Waals surface area contributed by atoms with Gasteiger partial charge in [-0.3, -0.25) is 5.10 Å². The molecule has 4 aromatic rings. The number of aromatic amines is 1. The third kappa shape index (κ3) is 2.06. The van der Waals surface area contributed by atoms with Crippen molar-refractivity contribution in [3.05, 3.63) is 47.6 Å². The molecule has 21 heavy (non-hydrogen) atoms. The number of hydrogen-bond acceptors (Lipinski definition) is 4. The van der Waals surface area contributed by atoms with Crippen LogP contribution in [-0.2, 0) is 6.42 Å². The number of aryl methyl sites for hydroxylation is 1. The van der Waals surface area contributed by atoms with Crippen molar-refractivity contribution >= 4 is 43.8 Å². The second-order valence-electron chi connectivity index (χ2n) is 4.90. The molecule has 0 aliphatic carbocycles. The van der Waals surface area contributed by atoms with Gasteiger partial charge >= 0.3 is 0 Å². The predicted molar refractivity (Wildman–Crippen MR) is 88.4 cm³/mol. The standard InChI is InChI=1S/C16H14N4S/c1-2-12-15-13(20-19-12)5-7-17-16(15)18-11-3-4-14-10(9-11)6-8-21-14/h3-9H,2H2,1H3,(H,17,18)(H,19,20). The van der Waals surface area contributed by atoms with E-state index in [9.17, 15) is 0 Å². The van der Waals surface area contributed by atoms with Gasteiger partial charge in [0, 0.05) is 16.6 Å². The van der Waals surface area contributed by atoms with Gasteiger partial charge in [0.25, 0.3) is 0 Å². The van der Waals surface area contributed by atoms with Crippen molar-refractivity contribution < 1.29 is 0 Å². The Labute approximate surface area is 125 Å². The van der Waals surface area contributed by atoms with E-state index in [1.54, 1.807) is 17.5 Å². The zero-order valence-corrected chi connectivity index (χ0v) is 12.4. The van der Waals surface area contributed by atoms with E-state index in [-0.39, 0.29) is 0 Å². The van der Waals surface area contributed by atoms with Gasteiger partial charge in [-0.1, -0.05) is 6.92 Å². The van der Waals surface area contributed by atoms with Crippen molar-refractivity contribution in [2.75, 3.05) is 5.32 Å². The summed E-state index contributed by atoms with van der Waals surface area (Å²) in [7, 11) is 0. The molecule has 104 valence electrons. The molecule has 0 atom stereocenters. The molecule has 0 aliphatic heterocycles. The molecule has 0 fully saturated rings. The third-order valence-corrected chi connectivity index (χ3v) is 4.50. The number of hydrogen-bond donors (Lipinski definition) is 2. The van der Waals surface area contributed by atoms with Gasteiger partial charge in [0.05, 0.1) is 16.6 Å². The Bertz CT molecular complexity index is 922. The van der Waals surface area contributed by atoms with Crippen LogP contribution in [0.1, 0.15) is 12.6 Å². The van der Waals surface area contributed by atoms with Crippen molar-refractivity contribution in [3.63, 3.8) is 0 Å². The van der Waals surface area contributed by atoms with Crippen molar-refractivity contribution in [1.82, 2.24) is 15.2 Å².